The van der Waals surface area contributed by atoms with Gasteiger partial charge >= 0.3 is 5.69 Å². The zero-order valence-electron chi connectivity index (χ0n) is 7.85. The molecule has 0 radical (unpaired) electrons. The molecule has 0 unspecified atom stereocenters. The number of pyridine rings is 1. The van der Waals surface area contributed by atoms with E-state index in [0.29, 0.717) is 5.03 Å². The fourth-order valence-electron chi connectivity index (χ4n) is 0.679. The fourth-order valence-corrected chi connectivity index (χ4v) is 1.20. The Kier molecular flexibility index (Phi) is 5.88. The largest absolute Gasteiger partial charge is 0.301 e. The summed E-state index contributed by atoms with van der Waals surface area (Å²) in [7, 11) is 0. The van der Waals surface area contributed by atoms with Gasteiger partial charge < -0.3 is 0 Å². The third kappa shape index (κ3) is 3.42. The van der Waals surface area contributed by atoms with E-state index in [1.54, 1.807) is 18.5 Å². The van der Waals surface area contributed by atoms with Crippen molar-refractivity contribution in [3.8, 4) is 0 Å². The molecule has 0 aromatic carbocycles. The molecule has 4 nitrogen and oxygen atoms in total. The molecule has 0 amide bonds. The zero-order chi connectivity index (χ0) is 10.3. The highest BCUT2D eigenvalue weighted by molar-refractivity contribution is 7.98. The Morgan fingerprint density at radius 2 is 2.15 bits per heavy atom. The maximum atomic E-state index is 10.3. The number of hydrogen-bond donors (Lipinski definition) is 0. The van der Waals surface area contributed by atoms with E-state index in [1.165, 1.54) is 17.8 Å². The average Bonchev–Trinajstić information content (AvgIpc) is 2.20. The minimum absolute atomic E-state index is 0.0694. The molecule has 0 aliphatic rings. The molecular weight excluding hydrogens is 188 g/mol. The van der Waals surface area contributed by atoms with Gasteiger partial charge in [-0.1, -0.05) is 13.8 Å². The van der Waals surface area contributed by atoms with E-state index in [2.05, 4.69) is 4.98 Å². The minimum Gasteiger partial charge on any atom is -0.258 e. The molecule has 0 saturated carbocycles. The predicted octanol–water partition coefficient (Wildman–Crippen LogP) is 2.74. The normalized spacial score (nSPS) is 8.54. The first-order valence-corrected chi connectivity index (χ1v) is 5.11. The third-order valence-corrected chi connectivity index (χ3v) is 1.84. The summed E-state index contributed by atoms with van der Waals surface area (Å²) >= 11 is 1.27. The zero-order valence-corrected chi connectivity index (χ0v) is 8.67. The fraction of sp³-hybridized carbons (Fsp3) is 0.375. The van der Waals surface area contributed by atoms with E-state index >= 15 is 0 Å². The van der Waals surface area contributed by atoms with Gasteiger partial charge in [0.05, 0.1) is 4.92 Å². The van der Waals surface area contributed by atoms with E-state index in [-0.39, 0.29) is 5.69 Å². The number of aromatic nitrogens is 1. The number of nitro groups is 1. The van der Waals surface area contributed by atoms with Crippen LogP contribution in [-0.2, 0) is 0 Å². The summed E-state index contributed by atoms with van der Waals surface area (Å²) < 4.78 is 0. The summed E-state index contributed by atoms with van der Waals surface area (Å²) in [5.41, 5.74) is 0.0694. The predicted molar refractivity (Wildman–Crippen MR) is 54.0 cm³/mol. The lowest BCUT2D eigenvalue weighted by Crippen LogP contribution is -1.91. The Hall–Kier alpha value is -1.10. The molecule has 1 aromatic heterocycles. The Labute approximate surface area is 81.5 Å². The van der Waals surface area contributed by atoms with E-state index < -0.39 is 4.92 Å². The lowest BCUT2D eigenvalue weighted by molar-refractivity contribution is -0.388. The summed E-state index contributed by atoms with van der Waals surface area (Å²) in [5, 5.41) is 10.8. The Bertz CT molecular complexity index is 279. The van der Waals surface area contributed by atoms with Crippen molar-refractivity contribution >= 4 is 17.4 Å². The molecule has 5 heteroatoms. The van der Waals surface area contributed by atoms with Crippen LogP contribution in [0.15, 0.2) is 23.4 Å². The molecule has 1 heterocycles. The van der Waals surface area contributed by atoms with E-state index in [0.717, 1.165) is 0 Å². The lowest BCUT2D eigenvalue weighted by Gasteiger charge is -1.94. The van der Waals surface area contributed by atoms with Crippen LogP contribution in [0.5, 0.6) is 0 Å². The van der Waals surface area contributed by atoms with Crippen LogP contribution < -0.4 is 0 Å². The second kappa shape index (κ2) is 6.42. The molecular formula is C8H12N2O2S. The van der Waals surface area contributed by atoms with Crippen LogP contribution in [0.1, 0.15) is 13.8 Å². The van der Waals surface area contributed by atoms with Crippen molar-refractivity contribution in [2.24, 2.45) is 0 Å². The van der Waals surface area contributed by atoms with Gasteiger partial charge in [-0.15, -0.1) is 11.8 Å². The topological polar surface area (TPSA) is 56.0 Å². The molecule has 0 bridgehead atoms. The molecule has 0 saturated heterocycles. The van der Waals surface area contributed by atoms with Gasteiger partial charge in [-0.2, -0.15) is 0 Å². The van der Waals surface area contributed by atoms with Gasteiger partial charge in [0.2, 0.25) is 0 Å². The maximum Gasteiger partial charge on any atom is 0.301 e. The minimum atomic E-state index is -0.432. The highest BCUT2D eigenvalue weighted by Crippen LogP contribution is 2.23. The third-order valence-electron chi connectivity index (χ3n) is 1.14. The number of hydrogen-bond acceptors (Lipinski definition) is 4. The van der Waals surface area contributed by atoms with E-state index in [9.17, 15) is 10.1 Å². The maximum absolute atomic E-state index is 10.3. The molecule has 0 fully saturated rings. The van der Waals surface area contributed by atoms with Crippen molar-refractivity contribution in [1.82, 2.24) is 4.98 Å². The van der Waals surface area contributed by atoms with Crippen LogP contribution >= 0.6 is 11.8 Å². The summed E-state index contributed by atoms with van der Waals surface area (Å²) in [6.07, 6.45) is 3.30. The first-order chi connectivity index (χ1) is 6.25. The van der Waals surface area contributed by atoms with Gasteiger partial charge in [-0.25, -0.2) is 4.98 Å². The van der Waals surface area contributed by atoms with Crippen LogP contribution in [0.3, 0.4) is 0 Å². The Morgan fingerprint density at radius 3 is 2.54 bits per heavy atom. The lowest BCUT2D eigenvalue weighted by atomic mass is 10.4. The van der Waals surface area contributed by atoms with Crippen molar-refractivity contribution in [2.75, 3.05) is 6.26 Å². The van der Waals surface area contributed by atoms with Crippen molar-refractivity contribution in [2.45, 2.75) is 18.9 Å². The molecule has 0 atom stereocenters. The summed E-state index contributed by atoms with van der Waals surface area (Å²) in [6.45, 7) is 4.00. The van der Waals surface area contributed by atoms with Crippen molar-refractivity contribution in [3.63, 3.8) is 0 Å². The summed E-state index contributed by atoms with van der Waals surface area (Å²) in [5.74, 6) is 0. The van der Waals surface area contributed by atoms with Crippen molar-refractivity contribution in [1.29, 1.82) is 0 Å². The SMILES string of the molecule is CC.CSc1ncccc1[N+](=O)[O-]. The quantitative estimate of drug-likeness (QED) is 0.418. The Balaban J connectivity index is 0.000000671. The van der Waals surface area contributed by atoms with Crippen LogP contribution in [0.4, 0.5) is 5.69 Å². The molecule has 1 rings (SSSR count). The van der Waals surface area contributed by atoms with Gasteiger partial charge in [-0.3, -0.25) is 10.1 Å². The molecule has 0 aliphatic carbocycles. The van der Waals surface area contributed by atoms with Gasteiger partial charge in [0.1, 0.15) is 0 Å². The summed E-state index contributed by atoms with van der Waals surface area (Å²) in [6, 6.07) is 3.00. The molecule has 0 N–H and O–H groups in total. The molecule has 0 spiro atoms. The molecule has 72 valence electrons. The number of nitrogens with zero attached hydrogens (tertiary/aromatic N) is 2. The van der Waals surface area contributed by atoms with Crippen LogP contribution in [0.2, 0.25) is 0 Å². The van der Waals surface area contributed by atoms with Gasteiger partial charge in [0.15, 0.2) is 5.03 Å². The second-order valence-electron chi connectivity index (χ2n) is 1.79. The molecule has 0 aliphatic heterocycles. The van der Waals surface area contributed by atoms with Crippen molar-refractivity contribution < 1.29 is 4.92 Å². The first kappa shape index (κ1) is 11.9. The van der Waals surface area contributed by atoms with Gasteiger partial charge in [-0.05, 0) is 12.3 Å². The molecule has 1 aromatic rings. The van der Waals surface area contributed by atoms with Crippen LogP contribution in [0.25, 0.3) is 0 Å². The monoisotopic (exact) mass is 200 g/mol. The highest BCUT2D eigenvalue weighted by atomic mass is 32.2. The van der Waals surface area contributed by atoms with E-state index in [1.807, 2.05) is 13.8 Å². The highest BCUT2D eigenvalue weighted by Gasteiger charge is 2.11. The first-order valence-electron chi connectivity index (χ1n) is 3.89. The van der Waals surface area contributed by atoms with Crippen LogP contribution in [0, 0.1) is 10.1 Å². The van der Waals surface area contributed by atoms with Crippen molar-refractivity contribution in [3.05, 3.63) is 28.4 Å². The average molecular weight is 200 g/mol. The second-order valence-corrected chi connectivity index (χ2v) is 2.58. The molecule has 13 heavy (non-hydrogen) atoms. The number of rotatable bonds is 2. The van der Waals surface area contributed by atoms with E-state index in [4.69, 9.17) is 0 Å². The summed E-state index contributed by atoms with van der Waals surface area (Å²) in [4.78, 5) is 13.7. The smallest absolute Gasteiger partial charge is 0.258 e. The van der Waals surface area contributed by atoms with Gasteiger partial charge in [0.25, 0.3) is 0 Å². The van der Waals surface area contributed by atoms with Crippen LogP contribution in [-0.4, -0.2) is 16.2 Å². The Morgan fingerprint density at radius 1 is 1.54 bits per heavy atom. The number of thioether (sulfide) groups is 1. The van der Waals surface area contributed by atoms with Gasteiger partial charge in [0, 0.05) is 12.3 Å². The standard InChI is InChI=1S/C6H6N2O2S.C2H6/c1-11-6-5(8(9)10)3-2-4-7-6;1-2/h2-4H,1H3;1-2H3.